The van der Waals surface area contributed by atoms with Crippen molar-refractivity contribution in [2.24, 2.45) is 0 Å². The number of hydrogen-bond donors (Lipinski definition) is 1. The highest BCUT2D eigenvalue weighted by atomic mass is 35.5. The highest BCUT2D eigenvalue weighted by molar-refractivity contribution is 6.35. The molecule has 1 amide bonds. The summed E-state index contributed by atoms with van der Waals surface area (Å²) < 4.78 is 0. The van der Waals surface area contributed by atoms with Crippen LogP contribution in [0.2, 0.25) is 10.0 Å². The molecule has 1 atom stereocenters. The number of nitrogens with zero attached hydrogens (tertiary/aromatic N) is 2. The molecule has 0 aliphatic carbocycles. The third-order valence-electron chi connectivity index (χ3n) is 3.57. The van der Waals surface area contributed by atoms with Crippen molar-refractivity contribution in [3.63, 3.8) is 0 Å². The molecule has 6 heteroatoms. The summed E-state index contributed by atoms with van der Waals surface area (Å²) >= 11 is 12.1. The fourth-order valence-electron chi connectivity index (χ4n) is 2.09. The molecule has 2 N–H and O–H groups in total. The number of aromatic nitrogens is 1. The first-order valence-electron chi connectivity index (χ1n) is 6.79. The largest absolute Gasteiger partial charge is 0.397 e. The Morgan fingerprint density at radius 3 is 2.64 bits per heavy atom. The van der Waals surface area contributed by atoms with E-state index in [-0.39, 0.29) is 18.4 Å². The number of rotatable bonds is 4. The van der Waals surface area contributed by atoms with Gasteiger partial charge in [0.2, 0.25) is 5.91 Å². The average Bonchev–Trinajstić information content (AvgIpc) is 2.48. The zero-order chi connectivity index (χ0) is 16.3. The zero-order valence-electron chi connectivity index (χ0n) is 12.4. The molecule has 1 heterocycles. The van der Waals surface area contributed by atoms with Crippen molar-refractivity contribution in [2.45, 2.75) is 19.4 Å². The van der Waals surface area contributed by atoms with E-state index >= 15 is 0 Å². The molecule has 0 aliphatic heterocycles. The predicted octanol–water partition coefficient (Wildman–Crippen LogP) is 3.73. The van der Waals surface area contributed by atoms with Crippen molar-refractivity contribution >= 4 is 34.8 Å². The van der Waals surface area contributed by atoms with Crippen LogP contribution in [-0.2, 0) is 11.2 Å². The number of carbonyl (C=O) groups excluding carboxylic acids is 1. The van der Waals surface area contributed by atoms with Crippen LogP contribution in [-0.4, -0.2) is 22.8 Å². The molecule has 1 aromatic carbocycles. The van der Waals surface area contributed by atoms with Crippen LogP contribution in [0.1, 0.15) is 24.2 Å². The molecule has 0 spiro atoms. The van der Waals surface area contributed by atoms with E-state index in [9.17, 15) is 4.79 Å². The lowest BCUT2D eigenvalue weighted by molar-refractivity contribution is -0.131. The maximum absolute atomic E-state index is 12.4. The molecular formula is C16H17Cl2N3O. The number of benzene rings is 1. The van der Waals surface area contributed by atoms with Gasteiger partial charge in [0.15, 0.2) is 0 Å². The number of anilines is 1. The first-order chi connectivity index (χ1) is 10.4. The highest BCUT2D eigenvalue weighted by Crippen LogP contribution is 2.29. The minimum atomic E-state index is -0.161. The molecule has 0 saturated heterocycles. The predicted molar refractivity (Wildman–Crippen MR) is 90.0 cm³/mol. The molecule has 1 aromatic heterocycles. The Morgan fingerprint density at radius 1 is 1.32 bits per heavy atom. The summed E-state index contributed by atoms with van der Waals surface area (Å²) in [5, 5.41) is 1.12. The topological polar surface area (TPSA) is 59.2 Å². The first-order valence-corrected chi connectivity index (χ1v) is 7.55. The van der Waals surface area contributed by atoms with Gasteiger partial charge in [-0.1, -0.05) is 29.3 Å². The van der Waals surface area contributed by atoms with Crippen molar-refractivity contribution in [1.82, 2.24) is 9.88 Å². The summed E-state index contributed by atoms with van der Waals surface area (Å²) in [6, 6.07) is 8.59. The average molecular weight is 338 g/mol. The van der Waals surface area contributed by atoms with Crippen molar-refractivity contribution in [3.05, 3.63) is 57.8 Å². The van der Waals surface area contributed by atoms with Crippen LogP contribution in [0.5, 0.6) is 0 Å². The first kappa shape index (κ1) is 16.6. The Hall–Kier alpha value is -1.78. The lowest BCUT2D eigenvalue weighted by Crippen LogP contribution is -2.31. The van der Waals surface area contributed by atoms with Crippen LogP contribution in [0, 0.1) is 0 Å². The number of likely N-dealkylation sites (N-methyl/N-ethyl adjacent to an activating group) is 1. The Kier molecular flexibility index (Phi) is 5.27. The standard InChI is InChI=1S/C16H17Cl2N3O/c1-10(14-6-3-11(17)7-15(14)18)21(2)16(22)8-13-5-4-12(19)9-20-13/h3-7,9-10H,8,19H2,1-2H3. The van der Waals surface area contributed by atoms with Crippen LogP contribution >= 0.6 is 23.2 Å². The van der Waals surface area contributed by atoms with Gasteiger partial charge in [-0.2, -0.15) is 0 Å². The number of nitrogens with two attached hydrogens (primary N) is 1. The number of hydrogen-bond acceptors (Lipinski definition) is 3. The lowest BCUT2D eigenvalue weighted by Gasteiger charge is -2.26. The van der Waals surface area contributed by atoms with Gasteiger partial charge < -0.3 is 10.6 Å². The Morgan fingerprint density at radius 2 is 2.05 bits per heavy atom. The summed E-state index contributed by atoms with van der Waals surface area (Å²) in [6.07, 6.45) is 1.76. The maximum atomic E-state index is 12.4. The van der Waals surface area contributed by atoms with Crippen LogP contribution in [0.15, 0.2) is 36.5 Å². The van der Waals surface area contributed by atoms with Gasteiger partial charge in [-0.15, -0.1) is 0 Å². The van der Waals surface area contributed by atoms with Crippen LogP contribution in [0.3, 0.4) is 0 Å². The van der Waals surface area contributed by atoms with Gasteiger partial charge in [0.1, 0.15) is 0 Å². The van der Waals surface area contributed by atoms with Gasteiger partial charge in [-0.05, 0) is 36.8 Å². The molecule has 22 heavy (non-hydrogen) atoms. The van der Waals surface area contributed by atoms with Gasteiger partial charge >= 0.3 is 0 Å². The molecule has 4 nitrogen and oxygen atoms in total. The Balaban J connectivity index is 2.10. The molecule has 0 radical (unpaired) electrons. The number of carbonyl (C=O) groups is 1. The zero-order valence-corrected chi connectivity index (χ0v) is 13.9. The molecule has 2 aromatic rings. The van der Waals surface area contributed by atoms with E-state index < -0.39 is 0 Å². The molecule has 0 aliphatic rings. The minimum Gasteiger partial charge on any atom is -0.397 e. The molecule has 116 valence electrons. The summed E-state index contributed by atoms with van der Waals surface area (Å²) in [4.78, 5) is 18.2. The summed E-state index contributed by atoms with van der Waals surface area (Å²) in [6.45, 7) is 1.92. The van der Waals surface area contributed by atoms with Gasteiger partial charge in [-0.25, -0.2) is 0 Å². The minimum absolute atomic E-state index is 0.0456. The van der Waals surface area contributed by atoms with Crippen molar-refractivity contribution in [2.75, 3.05) is 12.8 Å². The van der Waals surface area contributed by atoms with Gasteiger partial charge in [0.25, 0.3) is 0 Å². The normalized spacial score (nSPS) is 12.0. The molecule has 1 unspecified atom stereocenters. The fourth-order valence-corrected chi connectivity index (χ4v) is 2.65. The molecule has 0 bridgehead atoms. The van der Waals surface area contributed by atoms with Gasteiger partial charge in [0.05, 0.1) is 24.3 Å². The molecule has 0 saturated carbocycles. The van der Waals surface area contributed by atoms with E-state index in [1.54, 1.807) is 42.4 Å². The van der Waals surface area contributed by atoms with Crippen LogP contribution < -0.4 is 5.73 Å². The third-order valence-corrected chi connectivity index (χ3v) is 4.13. The number of halogens is 2. The number of nitrogen functional groups attached to an aromatic ring is 1. The van der Waals surface area contributed by atoms with Crippen molar-refractivity contribution < 1.29 is 4.79 Å². The Bertz CT molecular complexity index is 674. The Labute approximate surface area is 139 Å². The molecule has 0 fully saturated rings. The van der Waals surface area contributed by atoms with E-state index in [0.717, 1.165) is 5.56 Å². The smallest absolute Gasteiger partial charge is 0.228 e. The van der Waals surface area contributed by atoms with E-state index in [4.69, 9.17) is 28.9 Å². The summed E-state index contributed by atoms with van der Waals surface area (Å²) in [5.41, 5.74) is 7.70. The lowest BCUT2D eigenvalue weighted by atomic mass is 10.1. The second-order valence-electron chi connectivity index (χ2n) is 5.11. The van der Waals surface area contributed by atoms with Gasteiger partial charge in [0, 0.05) is 22.8 Å². The maximum Gasteiger partial charge on any atom is 0.228 e. The fraction of sp³-hybridized carbons (Fsp3) is 0.250. The third kappa shape index (κ3) is 3.90. The quantitative estimate of drug-likeness (QED) is 0.924. The van der Waals surface area contributed by atoms with E-state index in [1.165, 1.54) is 0 Å². The highest BCUT2D eigenvalue weighted by Gasteiger charge is 2.20. The summed E-state index contributed by atoms with van der Waals surface area (Å²) in [7, 11) is 1.75. The second-order valence-corrected chi connectivity index (χ2v) is 5.95. The van der Waals surface area contributed by atoms with Crippen LogP contribution in [0.4, 0.5) is 5.69 Å². The molecular weight excluding hydrogens is 321 g/mol. The monoisotopic (exact) mass is 337 g/mol. The summed E-state index contributed by atoms with van der Waals surface area (Å²) in [5.74, 6) is -0.0456. The SMILES string of the molecule is CC(c1ccc(Cl)cc1Cl)N(C)C(=O)Cc1ccc(N)cn1. The number of amides is 1. The number of pyridine rings is 1. The van der Waals surface area contributed by atoms with E-state index in [2.05, 4.69) is 4.98 Å². The van der Waals surface area contributed by atoms with Crippen LogP contribution in [0.25, 0.3) is 0 Å². The second kappa shape index (κ2) is 6.99. The molecule has 2 rings (SSSR count). The van der Waals surface area contributed by atoms with E-state index in [0.29, 0.717) is 21.4 Å². The van der Waals surface area contributed by atoms with Crippen molar-refractivity contribution in [1.29, 1.82) is 0 Å². The van der Waals surface area contributed by atoms with E-state index in [1.807, 2.05) is 13.0 Å². The van der Waals surface area contributed by atoms with Gasteiger partial charge in [-0.3, -0.25) is 9.78 Å². The van der Waals surface area contributed by atoms with Crippen molar-refractivity contribution in [3.8, 4) is 0 Å².